The number of rotatable bonds is 4. The van der Waals surface area contributed by atoms with Crippen LogP contribution in [0.1, 0.15) is 19.8 Å². The van der Waals surface area contributed by atoms with Gasteiger partial charge in [-0.25, -0.2) is 4.68 Å². The Kier molecular flexibility index (Phi) is 4.82. The lowest BCUT2D eigenvalue weighted by Gasteiger charge is -2.29. The van der Waals surface area contributed by atoms with Gasteiger partial charge in [-0.3, -0.25) is 4.90 Å². The monoisotopic (exact) mass is 332 g/mol. The second-order valence-electron chi connectivity index (χ2n) is 6.31. The average molecular weight is 332 g/mol. The van der Waals surface area contributed by atoms with Crippen LogP contribution in [-0.4, -0.2) is 39.4 Å². The molecule has 0 aliphatic carbocycles. The molecule has 23 heavy (non-hydrogen) atoms. The van der Waals surface area contributed by atoms with E-state index in [1.807, 2.05) is 40.6 Å². The summed E-state index contributed by atoms with van der Waals surface area (Å²) in [6, 6.07) is 7.92. The smallest absolute Gasteiger partial charge is 0.199 e. The molecule has 2 aromatic rings. The van der Waals surface area contributed by atoms with Crippen molar-refractivity contribution in [1.29, 1.82) is 0 Å². The summed E-state index contributed by atoms with van der Waals surface area (Å²) in [5, 5.41) is 4.76. The van der Waals surface area contributed by atoms with Crippen molar-refractivity contribution in [1.82, 2.24) is 19.2 Å². The van der Waals surface area contributed by atoms with Gasteiger partial charge in [-0.05, 0) is 43.1 Å². The van der Waals surface area contributed by atoms with Crippen LogP contribution in [0.2, 0.25) is 0 Å². The summed E-state index contributed by atoms with van der Waals surface area (Å²) >= 11 is 5.58. The molecule has 2 heterocycles. The largest absolute Gasteiger partial charge is 0.496 e. The van der Waals surface area contributed by atoms with Gasteiger partial charge >= 0.3 is 0 Å². The van der Waals surface area contributed by atoms with Crippen molar-refractivity contribution in [3.05, 3.63) is 29.0 Å². The third kappa shape index (κ3) is 3.33. The van der Waals surface area contributed by atoms with Gasteiger partial charge in [-0.1, -0.05) is 19.1 Å². The van der Waals surface area contributed by atoms with Gasteiger partial charge in [-0.15, -0.1) is 0 Å². The molecule has 0 amide bonds. The molecule has 6 heteroatoms. The van der Waals surface area contributed by atoms with Crippen molar-refractivity contribution in [3.63, 3.8) is 0 Å². The standard InChI is InChI=1S/C17H24N4OS/c1-13-8-10-20(11-9-13)12-21-17(23)19(2)16(18-21)14-6-4-5-7-15(14)22-3/h4-7,13H,8-12H2,1-3H3. The second kappa shape index (κ2) is 6.84. The Bertz CT molecular complexity index is 728. The van der Waals surface area contributed by atoms with E-state index in [-0.39, 0.29) is 0 Å². The van der Waals surface area contributed by atoms with Crippen molar-refractivity contribution in [2.24, 2.45) is 13.0 Å². The van der Waals surface area contributed by atoms with Crippen LogP contribution < -0.4 is 4.74 Å². The summed E-state index contributed by atoms with van der Waals surface area (Å²) in [7, 11) is 3.64. The minimum absolute atomic E-state index is 0.740. The highest BCUT2D eigenvalue weighted by molar-refractivity contribution is 7.71. The van der Waals surface area contributed by atoms with E-state index in [2.05, 4.69) is 11.8 Å². The maximum absolute atomic E-state index is 5.58. The fraction of sp³-hybridized carbons (Fsp3) is 0.529. The molecule has 5 nitrogen and oxygen atoms in total. The Balaban J connectivity index is 1.88. The predicted molar refractivity (Wildman–Crippen MR) is 94.0 cm³/mol. The molecule has 0 spiro atoms. The molecule has 1 saturated heterocycles. The zero-order chi connectivity index (χ0) is 16.4. The lowest BCUT2D eigenvalue weighted by atomic mass is 10.00. The molecule has 0 N–H and O–H groups in total. The van der Waals surface area contributed by atoms with Gasteiger partial charge in [0.25, 0.3) is 0 Å². The first-order valence-corrected chi connectivity index (χ1v) is 8.50. The van der Waals surface area contributed by atoms with E-state index < -0.39 is 0 Å². The molecule has 0 bridgehead atoms. The third-order valence-corrected chi connectivity index (χ3v) is 5.08. The molecule has 0 atom stereocenters. The van der Waals surface area contributed by atoms with Crippen molar-refractivity contribution in [2.75, 3.05) is 20.2 Å². The molecule has 1 aromatic heterocycles. The lowest BCUT2D eigenvalue weighted by molar-refractivity contribution is 0.146. The van der Waals surface area contributed by atoms with E-state index in [1.165, 1.54) is 12.8 Å². The van der Waals surface area contributed by atoms with Gasteiger partial charge in [0.05, 0.1) is 19.3 Å². The molecule has 0 unspecified atom stereocenters. The van der Waals surface area contributed by atoms with Gasteiger partial charge in [-0.2, -0.15) is 5.10 Å². The van der Waals surface area contributed by atoms with Gasteiger partial charge in [0.2, 0.25) is 0 Å². The maximum Gasteiger partial charge on any atom is 0.199 e. The van der Waals surface area contributed by atoms with E-state index in [1.54, 1.807) is 7.11 Å². The molecular weight excluding hydrogens is 308 g/mol. The number of likely N-dealkylation sites (tertiary alicyclic amines) is 1. The predicted octanol–water partition coefficient (Wildman–Crippen LogP) is 3.32. The van der Waals surface area contributed by atoms with Crippen LogP contribution >= 0.6 is 12.2 Å². The first-order chi connectivity index (χ1) is 11.1. The van der Waals surface area contributed by atoms with Crippen molar-refractivity contribution < 1.29 is 4.74 Å². The summed E-state index contributed by atoms with van der Waals surface area (Å²) in [5.74, 6) is 2.49. The van der Waals surface area contributed by atoms with Gasteiger partial charge in [0.15, 0.2) is 10.6 Å². The normalized spacial score (nSPS) is 16.7. The Morgan fingerprint density at radius 2 is 1.96 bits per heavy atom. The number of para-hydroxylation sites is 1. The number of hydrogen-bond acceptors (Lipinski definition) is 4. The number of methoxy groups -OCH3 is 1. The quantitative estimate of drug-likeness (QED) is 0.805. The van der Waals surface area contributed by atoms with Crippen molar-refractivity contribution >= 4 is 12.2 Å². The molecule has 0 saturated carbocycles. The van der Waals surface area contributed by atoms with E-state index in [0.29, 0.717) is 0 Å². The Labute approximate surface area is 142 Å². The molecular formula is C17H24N4OS. The molecule has 124 valence electrons. The van der Waals surface area contributed by atoms with E-state index in [0.717, 1.165) is 47.6 Å². The lowest BCUT2D eigenvalue weighted by Crippen LogP contribution is -2.34. The topological polar surface area (TPSA) is 35.2 Å². The number of ether oxygens (including phenoxy) is 1. The number of piperidine rings is 1. The van der Waals surface area contributed by atoms with Crippen molar-refractivity contribution in [3.8, 4) is 17.1 Å². The van der Waals surface area contributed by atoms with Gasteiger partial charge in [0.1, 0.15) is 5.75 Å². The summed E-state index contributed by atoms with van der Waals surface area (Å²) in [6.07, 6.45) is 2.50. The molecule has 3 rings (SSSR count). The summed E-state index contributed by atoms with van der Waals surface area (Å²) in [6.45, 7) is 5.31. The highest BCUT2D eigenvalue weighted by Gasteiger charge is 2.19. The molecule has 1 aliphatic rings. The highest BCUT2D eigenvalue weighted by Crippen LogP contribution is 2.28. The molecule has 1 fully saturated rings. The van der Waals surface area contributed by atoms with Crippen LogP contribution in [0.3, 0.4) is 0 Å². The summed E-state index contributed by atoms with van der Waals surface area (Å²) in [5.41, 5.74) is 0.967. The molecule has 1 aliphatic heterocycles. The first kappa shape index (κ1) is 16.2. The minimum atomic E-state index is 0.740. The van der Waals surface area contributed by atoms with Crippen LogP contribution in [0.5, 0.6) is 5.75 Å². The Morgan fingerprint density at radius 3 is 2.65 bits per heavy atom. The first-order valence-electron chi connectivity index (χ1n) is 8.09. The SMILES string of the molecule is COc1ccccc1-c1nn(CN2CCC(C)CC2)c(=S)n1C. The average Bonchev–Trinajstić information content (AvgIpc) is 2.85. The zero-order valence-corrected chi connectivity index (χ0v) is 14.8. The Morgan fingerprint density at radius 1 is 1.26 bits per heavy atom. The number of hydrogen-bond donors (Lipinski definition) is 0. The minimum Gasteiger partial charge on any atom is -0.496 e. The van der Waals surface area contributed by atoms with E-state index in [4.69, 9.17) is 22.1 Å². The highest BCUT2D eigenvalue weighted by atomic mass is 32.1. The van der Waals surface area contributed by atoms with E-state index in [9.17, 15) is 0 Å². The van der Waals surface area contributed by atoms with E-state index >= 15 is 0 Å². The number of aromatic nitrogens is 3. The van der Waals surface area contributed by atoms with Crippen LogP contribution in [0.25, 0.3) is 11.4 Å². The van der Waals surface area contributed by atoms with Crippen LogP contribution in [0.4, 0.5) is 0 Å². The summed E-state index contributed by atoms with van der Waals surface area (Å²) in [4.78, 5) is 2.43. The van der Waals surface area contributed by atoms with Crippen molar-refractivity contribution in [2.45, 2.75) is 26.4 Å². The van der Waals surface area contributed by atoms with Crippen LogP contribution in [0.15, 0.2) is 24.3 Å². The number of benzene rings is 1. The fourth-order valence-corrected chi connectivity index (χ4v) is 3.22. The maximum atomic E-state index is 5.58. The number of nitrogens with zero attached hydrogens (tertiary/aromatic N) is 4. The molecule has 1 aromatic carbocycles. The third-order valence-electron chi connectivity index (χ3n) is 4.60. The van der Waals surface area contributed by atoms with Gasteiger partial charge < -0.3 is 9.30 Å². The van der Waals surface area contributed by atoms with Crippen LogP contribution in [-0.2, 0) is 13.7 Å². The summed E-state index contributed by atoms with van der Waals surface area (Å²) < 4.78 is 10.1. The Hall–Kier alpha value is -1.66. The van der Waals surface area contributed by atoms with Crippen LogP contribution in [0, 0.1) is 10.7 Å². The fourth-order valence-electron chi connectivity index (χ4n) is 3.04. The molecule has 0 radical (unpaired) electrons. The second-order valence-corrected chi connectivity index (χ2v) is 6.67. The zero-order valence-electron chi connectivity index (χ0n) is 14.0. The van der Waals surface area contributed by atoms with Gasteiger partial charge in [0, 0.05) is 20.1 Å².